The molecule has 5 nitrogen and oxygen atoms in total. The van der Waals surface area contributed by atoms with Crippen molar-refractivity contribution in [2.45, 2.75) is 6.61 Å². The highest BCUT2D eigenvalue weighted by molar-refractivity contribution is 6.34. The average Bonchev–Trinajstić information content (AvgIpc) is 2.56. The van der Waals surface area contributed by atoms with Gasteiger partial charge in [0.2, 0.25) is 0 Å². The van der Waals surface area contributed by atoms with Crippen molar-refractivity contribution in [3.05, 3.63) is 58.6 Å². The van der Waals surface area contributed by atoms with E-state index in [-0.39, 0.29) is 33.5 Å². The zero-order valence-corrected chi connectivity index (χ0v) is 13.2. The Morgan fingerprint density at radius 3 is 2.50 bits per heavy atom. The van der Waals surface area contributed by atoms with E-state index in [1.165, 1.54) is 49.5 Å². The maximum Gasteiger partial charge on any atom is 0.387 e. The topological polar surface area (TPSA) is 67.4 Å². The van der Waals surface area contributed by atoms with Gasteiger partial charge in [0.1, 0.15) is 5.75 Å². The lowest BCUT2D eigenvalue weighted by Crippen LogP contribution is -2.19. The van der Waals surface area contributed by atoms with Crippen LogP contribution >= 0.6 is 11.6 Å². The van der Waals surface area contributed by atoms with Crippen LogP contribution in [0.2, 0.25) is 5.02 Å². The molecule has 2 amide bonds. The van der Waals surface area contributed by atoms with Gasteiger partial charge in [0.25, 0.3) is 11.8 Å². The van der Waals surface area contributed by atoms with Gasteiger partial charge in [0.05, 0.1) is 16.3 Å². The van der Waals surface area contributed by atoms with Crippen LogP contribution in [0, 0.1) is 0 Å². The van der Waals surface area contributed by atoms with Crippen molar-refractivity contribution in [1.82, 2.24) is 5.32 Å². The molecule has 126 valence electrons. The summed E-state index contributed by atoms with van der Waals surface area (Å²) < 4.78 is 29.2. The number of anilines is 1. The highest BCUT2D eigenvalue weighted by atomic mass is 35.5. The summed E-state index contributed by atoms with van der Waals surface area (Å²) in [5.41, 5.74) is 0.378. The Morgan fingerprint density at radius 1 is 1.12 bits per heavy atom. The van der Waals surface area contributed by atoms with Gasteiger partial charge in [-0.05, 0) is 30.3 Å². The van der Waals surface area contributed by atoms with Crippen molar-refractivity contribution >= 4 is 29.1 Å². The molecule has 0 aliphatic heterocycles. The largest absolute Gasteiger partial charge is 0.434 e. The maximum atomic E-state index is 12.4. The fraction of sp³-hybridized carbons (Fsp3) is 0.125. The Balaban J connectivity index is 2.29. The third kappa shape index (κ3) is 4.20. The summed E-state index contributed by atoms with van der Waals surface area (Å²) in [4.78, 5) is 24.0. The van der Waals surface area contributed by atoms with E-state index in [0.29, 0.717) is 0 Å². The van der Waals surface area contributed by atoms with Gasteiger partial charge < -0.3 is 15.4 Å². The lowest BCUT2D eigenvalue weighted by atomic mass is 10.1. The first-order valence-electron chi connectivity index (χ1n) is 6.79. The second-order valence-electron chi connectivity index (χ2n) is 4.60. The van der Waals surface area contributed by atoms with Gasteiger partial charge in [0, 0.05) is 12.6 Å². The van der Waals surface area contributed by atoms with E-state index in [1.807, 2.05) is 0 Å². The molecule has 0 unspecified atom stereocenters. The van der Waals surface area contributed by atoms with E-state index in [4.69, 9.17) is 11.6 Å². The normalized spacial score (nSPS) is 10.4. The summed E-state index contributed by atoms with van der Waals surface area (Å²) in [6.07, 6.45) is 0. The van der Waals surface area contributed by atoms with E-state index in [1.54, 1.807) is 0 Å². The second-order valence-corrected chi connectivity index (χ2v) is 5.01. The molecule has 0 heterocycles. The molecule has 0 fully saturated rings. The van der Waals surface area contributed by atoms with Crippen LogP contribution in [0.15, 0.2) is 42.5 Å². The molecule has 0 spiro atoms. The van der Waals surface area contributed by atoms with Gasteiger partial charge >= 0.3 is 6.61 Å². The number of halogens is 3. The van der Waals surface area contributed by atoms with Gasteiger partial charge in [-0.2, -0.15) is 8.78 Å². The van der Waals surface area contributed by atoms with E-state index in [0.717, 1.165) is 0 Å². The quantitative estimate of drug-likeness (QED) is 0.862. The average molecular weight is 355 g/mol. The number of amides is 2. The number of carbonyl (C=O) groups excluding carboxylic acids is 2. The van der Waals surface area contributed by atoms with Crippen LogP contribution in [0.1, 0.15) is 20.7 Å². The van der Waals surface area contributed by atoms with Crippen molar-refractivity contribution in [3.63, 3.8) is 0 Å². The van der Waals surface area contributed by atoms with Crippen LogP contribution in [0.3, 0.4) is 0 Å². The first-order chi connectivity index (χ1) is 11.4. The molecular weight excluding hydrogens is 342 g/mol. The summed E-state index contributed by atoms with van der Waals surface area (Å²) in [6, 6.07) is 9.89. The number of para-hydroxylation sites is 1. The predicted molar refractivity (Wildman–Crippen MR) is 85.9 cm³/mol. The van der Waals surface area contributed by atoms with Crippen LogP contribution in [0.5, 0.6) is 5.75 Å². The van der Waals surface area contributed by atoms with Crippen LogP contribution < -0.4 is 15.4 Å². The van der Waals surface area contributed by atoms with Crippen LogP contribution in [0.4, 0.5) is 14.5 Å². The molecule has 0 saturated carbocycles. The van der Waals surface area contributed by atoms with Gasteiger partial charge in [-0.25, -0.2) is 0 Å². The zero-order chi connectivity index (χ0) is 17.7. The smallest absolute Gasteiger partial charge is 0.387 e. The number of rotatable bonds is 5. The third-order valence-corrected chi connectivity index (χ3v) is 3.38. The number of alkyl halides is 2. The lowest BCUT2D eigenvalue weighted by Gasteiger charge is -2.12. The fourth-order valence-electron chi connectivity index (χ4n) is 1.95. The Bertz CT molecular complexity index is 769. The monoisotopic (exact) mass is 354 g/mol. The molecule has 0 radical (unpaired) electrons. The van der Waals surface area contributed by atoms with E-state index in [2.05, 4.69) is 15.4 Å². The van der Waals surface area contributed by atoms with Crippen LogP contribution in [-0.4, -0.2) is 25.5 Å². The molecule has 2 N–H and O–H groups in total. The number of ether oxygens (including phenoxy) is 1. The first kappa shape index (κ1) is 17.7. The van der Waals surface area contributed by atoms with Crippen molar-refractivity contribution in [1.29, 1.82) is 0 Å². The minimum Gasteiger partial charge on any atom is -0.434 e. The van der Waals surface area contributed by atoms with Crippen LogP contribution in [0.25, 0.3) is 0 Å². The second kappa shape index (κ2) is 7.74. The molecular formula is C16H13ClF2N2O3. The summed E-state index contributed by atoms with van der Waals surface area (Å²) in [6.45, 7) is -3.06. The van der Waals surface area contributed by atoms with Crippen molar-refractivity contribution in [2.75, 3.05) is 12.4 Å². The summed E-state index contributed by atoms with van der Waals surface area (Å²) >= 11 is 6.00. The fourth-order valence-corrected chi connectivity index (χ4v) is 2.11. The summed E-state index contributed by atoms with van der Waals surface area (Å²) in [5, 5.41) is 5.13. The van der Waals surface area contributed by atoms with Gasteiger partial charge in [-0.15, -0.1) is 0 Å². The summed E-state index contributed by atoms with van der Waals surface area (Å²) in [7, 11) is 1.47. The molecule has 2 rings (SSSR count). The summed E-state index contributed by atoms with van der Waals surface area (Å²) in [5.74, 6) is -1.31. The number of carbonyl (C=O) groups is 2. The predicted octanol–water partition coefficient (Wildman–Crippen LogP) is 3.55. The van der Waals surface area contributed by atoms with Gasteiger partial charge in [-0.1, -0.05) is 23.7 Å². The molecule has 0 bridgehead atoms. The zero-order valence-electron chi connectivity index (χ0n) is 12.5. The molecule has 0 saturated heterocycles. The van der Waals surface area contributed by atoms with E-state index >= 15 is 0 Å². The number of hydrogen-bond donors (Lipinski definition) is 2. The Morgan fingerprint density at radius 2 is 1.83 bits per heavy atom. The first-order valence-corrected chi connectivity index (χ1v) is 7.17. The van der Waals surface area contributed by atoms with E-state index < -0.39 is 12.5 Å². The standard InChI is InChI=1S/C16H13ClF2N2O3/c1-20-14(22)9-6-7-11(17)12(8-9)21-15(23)10-4-2-3-5-13(10)24-16(18)19/h2-8,16H,1H3,(H,20,22)(H,21,23). The van der Waals surface area contributed by atoms with Crippen molar-refractivity contribution < 1.29 is 23.1 Å². The molecule has 0 aliphatic rings. The third-order valence-electron chi connectivity index (χ3n) is 3.05. The molecule has 24 heavy (non-hydrogen) atoms. The highest BCUT2D eigenvalue weighted by Crippen LogP contribution is 2.26. The molecule has 2 aromatic rings. The highest BCUT2D eigenvalue weighted by Gasteiger charge is 2.17. The molecule has 0 atom stereocenters. The molecule has 8 heteroatoms. The molecule has 2 aromatic carbocycles. The molecule has 0 aromatic heterocycles. The Kier molecular flexibility index (Phi) is 5.70. The van der Waals surface area contributed by atoms with Gasteiger partial charge in [-0.3, -0.25) is 9.59 Å². The minimum atomic E-state index is -3.06. The Hall–Kier alpha value is -2.67. The Labute approximate surface area is 141 Å². The van der Waals surface area contributed by atoms with E-state index in [9.17, 15) is 18.4 Å². The van der Waals surface area contributed by atoms with Crippen molar-refractivity contribution in [2.24, 2.45) is 0 Å². The van der Waals surface area contributed by atoms with Crippen LogP contribution in [-0.2, 0) is 0 Å². The molecule has 0 aliphatic carbocycles. The number of benzene rings is 2. The SMILES string of the molecule is CNC(=O)c1ccc(Cl)c(NC(=O)c2ccccc2OC(F)F)c1. The lowest BCUT2D eigenvalue weighted by molar-refractivity contribution is -0.0501. The van der Waals surface area contributed by atoms with Gasteiger partial charge in [0.15, 0.2) is 0 Å². The maximum absolute atomic E-state index is 12.4. The number of nitrogens with one attached hydrogen (secondary N) is 2. The van der Waals surface area contributed by atoms with Crippen molar-refractivity contribution in [3.8, 4) is 5.75 Å². The minimum absolute atomic E-state index is 0.0841. The number of hydrogen-bond acceptors (Lipinski definition) is 3.